The van der Waals surface area contributed by atoms with Crippen LogP contribution >= 0.6 is 0 Å². The second-order valence-electron chi connectivity index (χ2n) is 5.99. The van der Waals surface area contributed by atoms with E-state index in [-0.39, 0.29) is 11.7 Å². The highest BCUT2D eigenvalue weighted by atomic mass is 16.6. The minimum Gasteiger partial charge on any atom is -0.465 e. The van der Waals surface area contributed by atoms with Gasteiger partial charge >= 0.3 is 6.09 Å². The first-order chi connectivity index (χ1) is 9.60. The number of carbonyl (C=O) groups is 1. The molecule has 20 heavy (non-hydrogen) atoms. The molecule has 1 aromatic heterocycles. The van der Waals surface area contributed by atoms with Gasteiger partial charge in [-0.25, -0.2) is 4.79 Å². The molecule has 2 aliphatic heterocycles. The van der Waals surface area contributed by atoms with Crippen LogP contribution in [0.3, 0.4) is 0 Å². The molecule has 0 aromatic carbocycles. The molecule has 2 aliphatic rings. The van der Waals surface area contributed by atoms with Crippen molar-refractivity contribution in [1.82, 2.24) is 9.80 Å². The van der Waals surface area contributed by atoms with Crippen molar-refractivity contribution in [3.8, 4) is 0 Å². The first-order valence-corrected chi connectivity index (χ1v) is 7.34. The Labute approximate surface area is 119 Å². The van der Waals surface area contributed by atoms with Crippen molar-refractivity contribution in [3.63, 3.8) is 0 Å². The molecule has 1 spiro atoms. The number of ether oxygens (including phenoxy) is 1. The Kier molecular flexibility index (Phi) is 3.46. The number of nitrogens with zero attached hydrogens (tertiary/aromatic N) is 2. The molecule has 3 rings (SSSR count). The predicted molar refractivity (Wildman–Crippen MR) is 74.4 cm³/mol. The lowest BCUT2D eigenvalue weighted by Gasteiger charge is -2.21. The third-order valence-corrected chi connectivity index (χ3v) is 4.13. The van der Waals surface area contributed by atoms with Gasteiger partial charge in [-0.05, 0) is 18.6 Å². The molecule has 1 aromatic rings. The van der Waals surface area contributed by atoms with Crippen molar-refractivity contribution in [3.05, 3.63) is 23.7 Å². The topological polar surface area (TPSA) is 45.9 Å². The third-order valence-electron chi connectivity index (χ3n) is 4.13. The van der Waals surface area contributed by atoms with Gasteiger partial charge in [0.05, 0.1) is 13.1 Å². The van der Waals surface area contributed by atoms with Gasteiger partial charge in [-0.3, -0.25) is 4.90 Å². The lowest BCUT2D eigenvalue weighted by atomic mass is 10.0. The average molecular weight is 278 g/mol. The highest BCUT2D eigenvalue weighted by Gasteiger charge is 2.48. The summed E-state index contributed by atoms with van der Waals surface area (Å²) in [5.74, 6) is 2.06. The largest absolute Gasteiger partial charge is 0.465 e. The number of rotatable bonds is 4. The van der Waals surface area contributed by atoms with E-state index in [1.807, 2.05) is 0 Å². The summed E-state index contributed by atoms with van der Waals surface area (Å²) in [6.45, 7) is 5.39. The molecule has 5 nitrogen and oxygen atoms in total. The highest BCUT2D eigenvalue weighted by molar-refractivity contribution is 5.70. The lowest BCUT2D eigenvalue weighted by molar-refractivity contribution is 0.0621. The number of hydrogen-bond donors (Lipinski definition) is 0. The molecule has 110 valence electrons. The Bertz CT molecular complexity index is 499. The maximum atomic E-state index is 11.5. The van der Waals surface area contributed by atoms with Crippen molar-refractivity contribution in [2.45, 2.75) is 38.3 Å². The Hall–Kier alpha value is -1.49. The van der Waals surface area contributed by atoms with E-state index >= 15 is 0 Å². The molecule has 0 saturated carbocycles. The van der Waals surface area contributed by atoms with E-state index in [0.29, 0.717) is 6.54 Å². The molecule has 5 heteroatoms. The van der Waals surface area contributed by atoms with Gasteiger partial charge in [-0.2, -0.15) is 0 Å². The molecule has 0 N–H and O–H groups in total. The van der Waals surface area contributed by atoms with Gasteiger partial charge in [-0.1, -0.05) is 6.92 Å². The van der Waals surface area contributed by atoms with Gasteiger partial charge in [0.25, 0.3) is 0 Å². The third kappa shape index (κ3) is 2.54. The summed E-state index contributed by atoms with van der Waals surface area (Å²) in [6, 6.07) is 4.12. The van der Waals surface area contributed by atoms with E-state index < -0.39 is 0 Å². The number of carbonyl (C=O) groups excluding carboxylic acids is 1. The fourth-order valence-electron chi connectivity index (χ4n) is 3.18. The van der Waals surface area contributed by atoms with E-state index in [2.05, 4.69) is 24.0 Å². The van der Waals surface area contributed by atoms with Crippen molar-refractivity contribution < 1.29 is 13.9 Å². The SMILES string of the molecule is CCCc1ccc(CN2CC[C@]3(C2)CN(C)C(=O)O3)o1. The summed E-state index contributed by atoms with van der Waals surface area (Å²) in [5, 5.41) is 0. The minimum absolute atomic E-state index is 0.199. The van der Waals surface area contributed by atoms with Crippen LogP contribution < -0.4 is 0 Å². The fraction of sp³-hybridized carbons (Fsp3) is 0.667. The first kappa shape index (κ1) is 13.5. The van der Waals surface area contributed by atoms with Crippen LogP contribution in [-0.2, 0) is 17.7 Å². The normalized spacial score (nSPS) is 26.7. The summed E-state index contributed by atoms with van der Waals surface area (Å²) < 4.78 is 11.4. The zero-order valence-electron chi connectivity index (χ0n) is 12.2. The molecule has 0 bridgehead atoms. The van der Waals surface area contributed by atoms with E-state index in [9.17, 15) is 4.79 Å². The van der Waals surface area contributed by atoms with Crippen molar-refractivity contribution in [2.24, 2.45) is 0 Å². The molecule has 0 unspecified atom stereocenters. The first-order valence-electron chi connectivity index (χ1n) is 7.34. The number of likely N-dealkylation sites (tertiary alicyclic amines) is 1. The van der Waals surface area contributed by atoms with Crippen molar-refractivity contribution in [1.29, 1.82) is 0 Å². The number of aryl methyl sites for hydroxylation is 1. The van der Waals surface area contributed by atoms with E-state index in [1.165, 1.54) is 0 Å². The smallest absolute Gasteiger partial charge is 0.410 e. The zero-order chi connectivity index (χ0) is 14.2. The van der Waals surface area contributed by atoms with E-state index in [4.69, 9.17) is 9.15 Å². The maximum Gasteiger partial charge on any atom is 0.410 e. The van der Waals surface area contributed by atoms with Crippen LogP contribution in [0.2, 0.25) is 0 Å². The number of likely N-dealkylation sites (N-methyl/N-ethyl adjacent to an activating group) is 1. The summed E-state index contributed by atoms with van der Waals surface area (Å²) in [7, 11) is 1.79. The van der Waals surface area contributed by atoms with Gasteiger partial charge < -0.3 is 14.1 Å². The van der Waals surface area contributed by atoms with Crippen LogP contribution in [-0.4, -0.2) is 48.2 Å². The Morgan fingerprint density at radius 3 is 2.80 bits per heavy atom. The van der Waals surface area contributed by atoms with Gasteiger partial charge in [0.2, 0.25) is 0 Å². The lowest BCUT2D eigenvalue weighted by Crippen LogP contribution is -2.36. The van der Waals surface area contributed by atoms with E-state index in [1.54, 1.807) is 11.9 Å². The molecule has 0 radical (unpaired) electrons. The summed E-state index contributed by atoms with van der Waals surface area (Å²) in [6.07, 6.45) is 2.80. The predicted octanol–water partition coefficient (Wildman–Crippen LogP) is 2.26. The number of furan rings is 1. The zero-order valence-corrected chi connectivity index (χ0v) is 12.2. The van der Waals surface area contributed by atoms with Crippen LogP contribution in [0, 0.1) is 0 Å². The molecule has 2 saturated heterocycles. The second-order valence-corrected chi connectivity index (χ2v) is 5.99. The van der Waals surface area contributed by atoms with Crippen LogP contribution in [0.25, 0.3) is 0 Å². The summed E-state index contributed by atoms with van der Waals surface area (Å²) in [4.78, 5) is 15.5. The van der Waals surface area contributed by atoms with Gasteiger partial charge in [0, 0.05) is 33.0 Å². The second kappa shape index (κ2) is 5.13. The Morgan fingerprint density at radius 1 is 1.30 bits per heavy atom. The van der Waals surface area contributed by atoms with Crippen LogP contribution in [0.15, 0.2) is 16.5 Å². The van der Waals surface area contributed by atoms with Crippen molar-refractivity contribution >= 4 is 6.09 Å². The minimum atomic E-state index is -0.301. The molecular formula is C15H22N2O3. The molecule has 2 fully saturated rings. The van der Waals surface area contributed by atoms with Gasteiger partial charge in [0.15, 0.2) is 0 Å². The molecule has 3 heterocycles. The average Bonchev–Trinajstić information content (AvgIpc) is 3.05. The quantitative estimate of drug-likeness (QED) is 0.847. The number of hydrogen-bond acceptors (Lipinski definition) is 4. The maximum absolute atomic E-state index is 11.5. The number of amides is 1. The van der Waals surface area contributed by atoms with Gasteiger partial charge in [-0.15, -0.1) is 0 Å². The molecule has 1 atom stereocenters. The van der Waals surface area contributed by atoms with E-state index in [0.717, 1.165) is 50.4 Å². The summed E-state index contributed by atoms with van der Waals surface area (Å²) in [5.41, 5.74) is -0.301. The fourth-order valence-corrected chi connectivity index (χ4v) is 3.18. The van der Waals surface area contributed by atoms with Gasteiger partial charge in [0.1, 0.15) is 17.1 Å². The van der Waals surface area contributed by atoms with Crippen molar-refractivity contribution in [2.75, 3.05) is 26.7 Å². The highest BCUT2D eigenvalue weighted by Crippen LogP contribution is 2.32. The standard InChI is InChI=1S/C15H22N2O3/c1-3-4-12-5-6-13(19-12)9-17-8-7-15(11-17)10-16(2)14(18)20-15/h5-6H,3-4,7-11H2,1-2H3/t15-/m1/s1. The molecular weight excluding hydrogens is 256 g/mol. The summed E-state index contributed by atoms with van der Waals surface area (Å²) >= 11 is 0. The van der Waals surface area contributed by atoms with Crippen LogP contribution in [0.4, 0.5) is 4.79 Å². The van der Waals surface area contributed by atoms with Crippen LogP contribution in [0.1, 0.15) is 31.3 Å². The molecule has 0 aliphatic carbocycles. The Morgan fingerprint density at radius 2 is 2.10 bits per heavy atom. The Balaban J connectivity index is 1.59. The van der Waals surface area contributed by atoms with Crippen LogP contribution in [0.5, 0.6) is 0 Å². The monoisotopic (exact) mass is 278 g/mol. The molecule has 1 amide bonds.